The third kappa shape index (κ3) is 2.41. The number of aliphatic hydroxyl groups excluding tert-OH is 1. The lowest BCUT2D eigenvalue weighted by Gasteiger charge is -2.34. The second-order valence-electron chi connectivity index (χ2n) is 5.67. The Bertz CT molecular complexity index is 454. The molecule has 1 amide bonds. The highest BCUT2D eigenvalue weighted by atomic mass is 16.3. The lowest BCUT2D eigenvalue weighted by Crippen LogP contribution is -2.48. The summed E-state index contributed by atoms with van der Waals surface area (Å²) in [4.78, 5) is 14.1. The van der Waals surface area contributed by atoms with Gasteiger partial charge in [-0.05, 0) is 32.8 Å². The van der Waals surface area contributed by atoms with E-state index in [1.807, 2.05) is 45.0 Å². The maximum Gasteiger partial charge on any atom is 0.227 e. The van der Waals surface area contributed by atoms with Crippen LogP contribution in [0, 0.1) is 6.92 Å². The fraction of sp³-hybridized carbons (Fsp3) is 0.533. The van der Waals surface area contributed by atoms with Crippen LogP contribution in [0.3, 0.4) is 0 Å². The molecule has 1 aliphatic rings. The number of carbonyl (C=O) groups is 1. The van der Waals surface area contributed by atoms with Crippen molar-refractivity contribution in [3.8, 4) is 0 Å². The van der Waals surface area contributed by atoms with E-state index in [4.69, 9.17) is 0 Å². The molecule has 98 valence electrons. The van der Waals surface area contributed by atoms with Crippen LogP contribution in [0.15, 0.2) is 24.3 Å². The normalized spacial score (nSPS) is 22.2. The molecule has 1 fully saturated rings. The van der Waals surface area contributed by atoms with Crippen molar-refractivity contribution in [3.63, 3.8) is 0 Å². The summed E-state index contributed by atoms with van der Waals surface area (Å²) in [6.07, 6.45) is 0.670. The molecule has 1 heterocycles. The number of nitrogens with zero attached hydrogens (tertiary/aromatic N) is 1. The molecular formula is C15H21NO2. The highest BCUT2D eigenvalue weighted by molar-refractivity contribution is 5.80. The summed E-state index contributed by atoms with van der Waals surface area (Å²) in [5, 5.41) is 9.89. The minimum Gasteiger partial charge on any atom is -0.391 e. The number of amides is 1. The Morgan fingerprint density at radius 2 is 2.22 bits per heavy atom. The predicted molar refractivity (Wildman–Crippen MR) is 71.3 cm³/mol. The fourth-order valence-electron chi connectivity index (χ4n) is 2.61. The van der Waals surface area contributed by atoms with E-state index in [1.165, 1.54) is 5.56 Å². The van der Waals surface area contributed by atoms with Gasteiger partial charge in [0.25, 0.3) is 0 Å². The van der Waals surface area contributed by atoms with Crippen LogP contribution in [0.5, 0.6) is 0 Å². The lowest BCUT2D eigenvalue weighted by atomic mass is 9.98. The summed E-state index contributed by atoms with van der Waals surface area (Å²) in [6.45, 7) is 6.54. The average molecular weight is 247 g/mol. The Hall–Kier alpha value is -1.35. The van der Waals surface area contributed by atoms with Gasteiger partial charge in [-0.3, -0.25) is 4.79 Å². The Morgan fingerprint density at radius 3 is 2.78 bits per heavy atom. The van der Waals surface area contributed by atoms with E-state index >= 15 is 0 Å². The van der Waals surface area contributed by atoms with E-state index in [0.29, 0.717) is 19.4 Å². The number of hydrogen-bond donors (Lipinski definition) is 1. The monoisotopic (exact) mass is 247 g/mol. The molecule has 0 radical (unpaired) electrons. The first-order chi connectivity index (χ1) is 8.41. The molecule has 0 spiro atoms. The van der Waals surface area contributed by atoms with Crippen LogP contribution in [0.4, 0.5) is 0 Å². The molecule has 1 aliphatic heterocycles. The second kappa shape index (κ2) is 4.73. The topological polar surface area (TPSA) is 40.5 Å². The SMILES string of the molecule is Cc1cccc(CC(=O)N2CCC(O)C2(C)C)c1. The summed E-state index contributed by atoms with van der Waals surface area (Å²) >= 11 is 0. The van der Waals surface area contributed by atoms with Crippen molar-refractivity contribution >= 4 is 5.91 Å². The largest absolute Gasteiger partial charge is 0.391 e. The van der Waals surface area contributed by atoms with Gasteiger partial charge in [0.1, 0.15) is 0 Å². The number of aliphatic hydroxyl groups is 1. The molecule has 0 aromatic heterocycles. The molecule has 1 aromatic carbocycles. The molecule has 2 rings (SSSR count). The van der Waals surface area contributed by atoms with Gasteiger partial charge in [0.2, 0.25) is 5.91 Å². The molecule has 3 heteroatoms. The first-order valence-electron chi connectivity index (χ1n) is 6.45. The van der Waals surface area contributed by atoms with Gasteiger partial charge in [0, 0.05) is 6.54 Å². The van der Waals surface area contributed by atoms with Crippen molar-refractivity contribution in [1.29, 1.82) is 0 Å². The number of benzene rings is 1. The maximum absolute atomic E-state index is 12.3. The van der Waals surface area contributed by atoms with Crippen LogP contribution in [0.25, 0.3) is 0 Å². The highest BCUT2D eigenvalue weighted by Crippen LogP contribution is 2.29. The molecular weight excluding hydrogens is 226 g/mol. The summed E-state index contributed by atoms with van der Waals surface area (Å²) < 4.78 is 0. The van der Waals surface area contributed by atoms with Gasteiger partial charge in [-0.15, -0.1) is 0 Å². The summed E-state index contributed by atoms with van der Waals surface area (Å²) in [5.74, 6) is 0.0992. The van der Waals surface area contributed by atoms with E-state index < -0.39 is 11.6 Å². The van der Waals surface area contributed by atoms with Crippen molar-refractivity contribution in [2.75, 3.05) is 6.54 Å². The average Bonchev–Trinajstić information content (AvgIpc) is 2.54. The van der Waals surface area contributed by atoms with Crippen LogP contribution in [-0.4, -0.2) is 34.1 Å². The Kier molecular flexibility index (Phi) is 3.44. The van der Waals surface area contributed by atoms with Crippen LogP contribution in [0.1, 0.15) is 31.4 Å². The summed E-state index contributed by atoms with van der Waals surface area (Å²) in [6, 6.07) is 8.02. The van der Waals surface area contributed by atoms with Gasteiger partial charge in [0.05, 0.1) is 18.1 Å². The summed E-state index contributed by atoms with van der Waals surface area (Å²) in [7, 11) is 0. The zero-order chi connectivity index (χ0) is 13.3. The molecule has 1 saturated heterocycles. The van der Waals surface area contributed by atoms with E-state index in [2.05, 4.69) is 0 Å². The van der Waals surface area contributed by atoms with E-state index in [9.17, 15) is 9.90 Å². The lowest BCUT2D eigenvalue weighted by molar-refractivity contribution is -0.135. The Labute approximate surface area is 108 Å². The zero-order valence-electron chi connectivity index (χ0n) is 11.3. The number of aryl methyl sites for hydroxylation is 1. The van der Waals surface area contributed by atoms with E-state index in [-0.39, 0.29) is 5.91 Å². The Morgan fingerprint density at radius 1 is 1.50 bits per heavy atom. The molecule has 1 atom stereocenters. The van der Waals surface area contributed by atoms with E-state index in [0.717, 1.165) is 5.56 Å². The molecule has 3 nitrogen and oxygen atoms in total. The van der Waals surface area contributed by atoms with E-state index in [1.54, 1.807) is 4.90 Å². The number of hydrogen-bond acceptors (Lipinski definition) is 2. The van der Waals surface area contributed by atoms with Gasteiger partial charge < -0.3 is 10.0 Å². The zero-order valence-corrected chi connectivity index (χ0v) is 11.3. The quantitative estimate of drug-likeness (QED) is 0.867. The molecule has 0 saturated carbocycles. The number of rotatable bonds is 2. The van der Waals surface area contributed by atoms with Crippen molar-refractivity contribution in [2.45, 2.75) is 45.3 Å². The van der Waals surface area contributed by atoms with Crippen LogP contribution >= 0.6 is 0 Å². The van der Waals surface area contributed by atoms with Crippen LogP contribution < -0.4 is 0 Å². The van der Waals surface area contributed by atoms with Crippen molar-refractivity contribution in [1.82, 2.24) is 4.90 Å². The summed E-state index contributed by atoms with van der Waals surface area (Å²) in [5.41, 5.74) is 1.76. The predicted octanol–water partition coefficient (Wildman–Crippen LogP) is 1.91. The van der Waals surface area contributed by atoms with Crippen molar-refractivity contribution in [3.05, 3.63) is 35.4 Å². The van der Waals surface area contributed by atoms with Gasteiger partial charge in [-0.1, -0.05) is 29.8 Å². The van der Waals surface area contributed by atoms with Crippen molar-refractivity contribution < 1.29 is 9.90 Å². The smallest absolute Gasteiger partial charge is 0.227 e. The fourth-order valence-corrected chi connectivity index (χ4v) is 2.61. The van der Waals surface area contributed by atoms with Crippen LogP contribution in [0.2, 0.25) is 0 Å². The van der Waals surface area contributed by atoms with Gasteiger partial charge in [-0.25, -0.2) is 0 Å². The number of carbonyl (C=O) groups excluding carboxylic acids is 1. The van der Waals surface area contributed by atoms with Crippen molar-refractivity contribution in [2.24, 2.45) is 0 Å². The second-order valence-corrected chi connectivity index (χ2v) is 5.67. The van der Waals surface area contributed by atoms with Gasteiger partial charge >= 0.3 is 0 Å². The highest BCUT2D eigenvalue weighted by Gasteiger charge is 2.42. The first kappa shape index (κ1) is 13.1. The molecule has 0 aliphatic carbocycles. The molecule has 18 heavy (non-hydrogen) atoms. The third-order valence-electron chi connectivity index (χ3n) is 3.88. The minimum atomic E-state index is -0.444. The molecule has 1 unspecified atom stereocenters. The first-order valence-corrected chi connectivity index (χ1v) is 6.45. The Balaban J connectivity index is 2.09. The van der Waals surface area contributed by atoms with Gasteiger partial charge in [0.15, 0.2) is 0 Å². The third-order valence-corrected chi connectivity index (χ3v) is 3.88. The maximum atomic E-state index is 12.3. The molecule has 0 bridgehead atoms. The standard InChI is InChI=1S/C15H21NO2/c1-11-5-4-6-12(9-11)10-14(18)16-8-7-13(17)15(16,2)3/h4-6,9,13,17H,7-8,10H2,1-3H3. The van der Waals surface area contributed by atoms with Gasteiger partial charge in [-0.2, -0.15) is 0 Å². The number of likely N-dealkylation sites (tertiary alicyclic amines) is 1. The minimum absolute atomic E-state index is 0.0992. The molecule has 1 aromatic rings. The molecule has 1 N–H and O–H groups in total. The van der Waals surface area contributed by atoms with Crippen LogP contribution in [-0.2, 0) is 11.2 Å².